The quantitative estimate of drug-likeness (QED) is 0.869. The number of benzene rings is 1. The van der Waals surface area contributed by atoms with Crippen LogP contribution in [0.5, 0.6) is 0 Å². The lowest BCUT2D eigenvalue weighted by Crippen LogP contribution is -2.45. The molecule has 1 aromatic carbocycles. The average molecular weight is 325 g/mol. The van der Waals surface area contributed by atoms with Crippen LogP contribution in [0, 0.1) is 0 Å². The minimum absolute atomic E-state index is 0.0310. The van der Waals surface area contributed by atoms with Crippen LogP contribution in [-0.4, -0.2) is 18.4 Å². The number of rotatable bonds is 3. The highest BCUT2D eigenvalue weighted by atomic mass is 79.9. The van der Waals surface area contributed by atoms with E-state index in [9.17, 15) is 9.59 Å². The topological polar surface area (TPSA) is 49.4 Å². The van der Waals surface area contributed by atoms with Crippen molar-refractivity contribution in [3.8, 4) is 0 Å². The molecule has 0 spiro atoms. The van der Waals surface area contributed by atoms with E-state index in [2.05, 4.69) is 21.2 Å². The van der Waals surface area contributed by atoms with E-state index in [1.165, 1.54) is 0 Å². The number of carbonyl (C=O) groups is 2. The van der Waals surface area contributed by atoms with Crippen molar-refractivity contribution in [2.45, 2.75) is 38.8 Å². The van der Waals surface area contributed by atoms with Crippen molar-refractivity contribution in [2.75, 3.05) is 4.90 Å². The molecule has 2 atom stereocenters. The smallest absolute Gasteiger partial charge is 0.226 e. The monoisotopic (exact) mass is 324 g/mol. The SMILES string of the molecule is CCC(=O)N1c2cc(Br)ccc2[C@H](NC=O)C[C@@H]1C. The summed E-state index contributed by atoms with van der Waals surface area (Å²) < 4.78 is 0.930. The lowest BCUT2D eigenvalue weighted by atomic mass is 9.91. The fourth-order valence-electron chi connectivity index (χ4n) is 2.62. The molecular weight excluding hydrogens is 308 g/mol. The number of hydrogen-bond acceptors (Lipinski definition) is 2. The van der Waals surface area contributed by atoms with Crippen molar-refractivity contribution in [1.82, 2.24) is 5.32 Å². The average Bonchev–Trinajstić information content (AvgIpc) is 2.38. The van der Waals surface area contributed by atoms with Gasteiger partial charge in [-0.1, -0.05) is 28.9 Å². The molecule has 0 bridgehead atoms. The number of nitrogens with one attached hydrogen (secondary N) is 1. The van der Waals surface area contributed by atoms with E-state index in [-0.39, 0.29) is 18.0 Å². The minimum atomic E-state index is -0.0310. The van der Waals surface area contributed by atoms with Gasteiger partial charge < -0.3 is 10.2 Å². The summed E-state index contributed by atoms with van der Waals surface area (Å²) in [5, 5.41) is 2.83. The predicted molar refractivity (Wildman–Crippen MR) is 77.9 cm³/mol. The molecule has 0 saturated carbocycles. The summed E-state index contributed by atoms with van der Waals surface area (Å²) >= 11 is 3.44. The fraction of sp³-hybridized carbons (Fsp3) is 0.429. The van der Waals surface area contributed by atoms with Crippen molar-refractivity contribution >= 4 is 33.9 Å². The van der Waals surface area contributed by atoms with Gasteiger partial charge in [0.05, 0.1) is 11.7 Å². The van der Waals surface area contributed by atoms with Crippen molar-refractivity contribution in [1.29, 1.82) is 0 Å². The molecule has 1 N–H and O–H groups in total. The molecule has 4 nitrogen and oxygen atoms in total. The number of carbonyl (C=O) groups excluding carboxylic acids is 2. The molecule has 2 rings (SSSR count). The van der Waals surface area contributed by atoms with Crippen LogP contribution in [-0.2, 0) is 9.59 Å². The van der Waals surface area contributed by atoms with Crippen molar-refractivity contribution in [2.24, 2.45) is 0 Å². The number of anilines is 1. The first-order valence-corrected chi connectivity index (χ1v) is 7.19. The summed E-state index contributed by atoms with van der Waals surface area (Å²) in [6.07, 6.45) is 1.93. The summed E-state index contributed by atoms with van der Waals surface area (Å²) in [5.41, 5.74) is 1.88. The van der Waals surface area contributed by atoms with Gasteiger partial charge in [-0.2, -0.15) is 0 Å². The Morgan fingerprint density at radius 1 is 1.58 bits per heavy atom. The number of amides is 2. The highest BCUT2D eigenvalue weighted by molar-refractivity contribution is 9.10. The van der Waals surface area contributed by atoms with Crippen molar-refractivity contribution in [3.63, 3.8) is 0 Å². The maximum atomic E-state index is 12.1. The molecule has 1 aromatic rings. The predicted octanol–water partition coefficient (Wildman–Crippen LogP) is 2.77. The standard InChI is InChI=1S/C14H17BrN2O2/c1-3-14(19)17-9(2)6-12(16-8-18)11-5-4-10(15)7-13(11)17/h4-5,7-9,12H,3,6H2,1-2H3,(H,16,18)/t9-,12+/m0/s1. The lowest BCUT2D eigenvalue weighted by molar-refractivity contribution is -0.118. The number of hydrogen-bond donors (Lipinski definition) is 1. The van der Waals surface area contributed by atoms with E-state index < -0.39 is 0 Å². The third kappa shape index (κ3) is 2.66. The molecule has 102 valence electrons. The normalized spacial score (nSPS) is 21.7. The Labute approximate surface area is 121 Å². The molecule has 5 heteroatoms. The van der Waals surface area contributed by atoms with Crippen LogP contribution >= 0.6 is 15.9 Å². The molecule has 0 unspecified atom stereocenters. The summed E-state index contributed by atoms with van der Waals surface area (Å²) in [5.74, 6) is 0.108. The molecule has 19 heavy (non-hydrogen) atoms. The van der Waals surface area contributed by atoms with Crippen LogP contribution in [0.2, 0.25) is 0 Å². The first-order chi connectivity index (χ1) is 9.08. The molecule has 2 amide bonds. The van der Waals surface area contributed by atoms with Gasteiger partial charge in [0.15, 0.2) is 0 Å². The Bertz CT molecular complexity index is 504. The zero-order chi connectivity index (χ0) is 14.0. The maximum absolute atomic E-state index is 12.1. The summed E-state index contributed by atoms with van der Waals surface area (Å²) in [7, 11) is 0. The first-order valence-electron chi connectivity index (χ1n) is 6.39. The van der Waals surface area contributed by atoms with E-state index in [0.717, 1.165) is 28.6 Å². The molecule has 1 aliphatic heterocycles. The molecule has 0 saturated heterocycles. The van der Waals surface area contributed by atoms with Gasteiger partial charge in [-0.15, -0.1) is 0 Å². The maximum Gasteiger partial charge on any atom is 0.226 e. The van der Waals surface area contributed by atoms with Crippen LogP contribution in [0.4, 0.5) is 5.69 Å². The summed E-state index contributed by atoms with van der Waals surface area (Å²) in [6.45, 7) is 3.87. The second-order valence-corrected chi connectivity index (χ2v) is 5.66. The number of halogens is 1. The van der Waals surface area contributed by atoms with Gasteiger partial charge in [0.2, 0.25) is 12.3 Å². The van der Waals surface area contributed by atoms with E-state index >= 15 is 0 Å². The Kier molecular flexibility index (Phi) is 4.24. The molecule has 1 aliphatic rings. The van der Waals surface area contributed by atoms with E-state index in [1.54, 1.807) is 0 Å². The zero-order valence-corrected chi connectivity index (χ0v) is 12.6. The third-order valence-corrected chi connectivity index (χ3v) is 3.98. The third-order valence-electron chi connectivity index (χ3n) is 3.49. The van der Waals surface area contributed by atoms with Crippen molar-refractivity contribution in [3.05, 3.63) is 28.2 Å². The Hall–Kier alpha value is -1.36. The van der Waals surface area contributed by atoms with Crippen LogP contribution < -0.4 is 10.2 Å². The van der Waals surface area contributed by atoms with Gasteiger partial charge >= 0.3 is 0 Å². The van der Waals surface area contributed by atoms with Gasteiger partial charge in [-0.05, 0) is 31.0 Å². The molecule has 0 aliphatic carbocycles. The second-order valence-electron chi connectivity index (χ2n) is 4.74. The summed E-state index contributed by atoms with van der Waals surface area (Å²) in [4.78, 5) is 24.7. The summed E-state index contributed by atoms with van der Waals surface area (Å²) in [6, 6.07) is 5.88. The van der Waals surface area contributed by atoms with E-state index in [0.29, 0.717) is 6.42 Å². The molecule has 1 heterocycles. The lowest BCUT2D eigenvalue weighted by Gasteiger charge is -2.39. The van der Waals surface area contributed by atoms with Crippen LogP contribution in [0.25, 0.3) is 0 Å². The largest absolute Gasteiger partial charge is 0.352 e. The van der Waals surface area contributed by atoms with E-state index in [4.69, 9.17) is 0 Å². The Balaban J connectivity index is 2.50. The van der Waals surface area contributed by atoms with Crippen LogP contribution in [0.1, 0.15) is 38.3 Å². The fourth-order valence-corrected chi connectivity index (χ4v) is 2.97. The van der Waals surface area contributed by atoms with Gasteiger partial charge in [0, 0.05) is 16.9 Å². The van der Waals surface area contributed by atoms with Gasteiger partial charge in [0.1, 0.15) is 0 Å². The Morgan fingerprint density at radius 3 is 2.95 bits per heavy atom. The van der Waals surface area contributed by atoms with Crippen LogP contribution in [0.3, 0.4) is 0 Å². The highest BCUT2D eigenvalue weighted by Crippen LogP contribution is 2.38. The van der Waals surface area contributed by atoms with Gasteiger partial charge in [-0.25, -0.2) is 0 Å². The molecular formula is C14H17BrN2O2. The van der Waals surface area contributed by atoms with Gasteiger partial charge in [-0.3, -0.25) is 9.59 Å². The first kappa shape index (κ1) is 14.1. The minimum Gasteiger partial charge on any atom is -0.352 e. The van der Waals surface area contributed by atoms with Crippen LogP contribution in [0.15, 0.2) is 22.7 Å². The van der Waals surface area contributed by atoms with Crippen molar-refractivity contribution < 1.29 is 9.59 Å². The second kappa shape index (κ2) is 5.74. The molecule has 0 radical (unpaired) electrons. The van der Waals surface area contributed by atoms with E-state index in [1.807, 2.05) is 36.9 Å². The molecule has 0 fully saturated rings. The zero-order valence-electron chi connectivity index (χ0n) is 11.0. The number of nitrogens with zero attached hydrogens (tertiary/aromatic N) is 1. The highest BCUT2D eigenvalue weighted by Gasteiger charge is 2.32. The molecule has 0 aromatic heterocycles. The Morgan fingerprint density at radius 2 is 2.32 bits per heavy atom. The van der Waals surface area contributed by atoms with Gasteiger partial charge in [0.25, 0.3) is 0 Å². The number of fused-ring (bicyclic) bond motifs is 1.